The standard InChI is InChI=1S/C22H22N6O2S/c29-22(18-5-3-17(4-6-18)14-27-8-7-23-16-27)28-11-9-26(10-12-28)15-20-24-21(25-30-20)19-2-1-13-31-19/h1-8,13,16H,9-12,14-15H2. The van der Waals surface area contributed by atoms with Crippen LogP contribution in [0.3, 0.4) is 0 Å². The molecule has 8 nitrogen and oxygen atoms in total. The fraction of sp³-hybridized carbons (Fsp3) is 0.273. The second-order valence-corrected chi connectivity index (χ2v) is 8.44. The van der Waals surface area contributed by atoms with Gasteiger partial charge in [0.1, 0.15) is 0 Å². The molecule has 0 atom stereocenters. The van der Waals surface area contributed by atoms with Crippen molar-refractivity contribution in [1.29, 1.82) is 0 Å². The van der Waals surface area contributed by atoms with Crippen LogP contribution in [0.2, 0.25) is 0 Å². The van der Waals surface area contributed by atoms with Crippen LogP contribution in [0.4, 0.5) is 0 Å². The van der Waals surface area contributed by atoms with Gasteiger partial charge in [-0.25, -0.2) is 4.98 Å². The molecule has 0 bridgehead atoms. The van der Waals surface area contributed by atoms with Crippen molar-refractivity contribution in [2.75, 3.05) is 26.2 Å². The van der Waals surface area contributed by atoms with Gasteiger partial charge < -0.3 is 14.0 Å². The lowest BCUT2D eigenvalue weighted by Gasteiger charge is -2.34. The number of rotatable bonds is 6. The van der Waals surface area contributed by atoms with E-state index < -0.39 is 0 Å². The van der Waals surface area contributed by atoms with Crippen LogP contribution in [-0.2, 0) is 13.1 Å². The molecule has 0 spiro atoms. The lowest BCUT2D eigenvalue weighted by Crippen LogP contribution is -2.48. The van der Waals surface area contributed by atoms with E-state index in [-0.39, 0.29) is 5.91 Å². The van der Waals surface area contributed by atoms with Crippen LogP contribution in [0, 0.1) is 0 Å². The number of aromatic nitrogens is 4. The van der Waals surface area contributed by atoms with Crippen molar-refractivity contribution in [2.24, 2.45) is 0 Å². The van der Waals surface area contributed by atoms with E-state index in [0.717, 1.165) is 35.6 Å². The van der Waals surface area contributed by atoms with E-state index in [1.165, 1.54) is 0 Å². The maximum Gasteiger partial charge on any atom is 0.253 e. The van der Waals surface area contributed by atoms with Crippen LogP contribution in [0.1, 0.15) is 21.8 Å². The molecule has 0 radical (unpaired) electrons. The molecular formula is C22H22N6O2S. The Labute approximate surface area is 183 Å². The van der Waals surface area contributed by atoms with E-state index in [2.05, 4.69) is 20.0 Å². The number of nitrogens with zero attached hydrogens (tertiary/aromatic N) is 6. The zero-order chi connectivity index (χ0) is 21.0. The topological polar surface area (TPSA) is 80.3 Å². The van der Waals surface area contributed by atoms with Crippen molar-refractivity contribution in [1.82, 2.24) is 29.5 Å². The van der Waals surface area contributed by atoms with Gasteiger partial charge in [0.2, 0.25) is 11.7 Å². The van der Waals surface area contributed by atoms with Crippen LogP contribution in [0.15, 0.2) is 65.0 Å². The summed E-state index contributed by atoms with van der Waals surface area (Å²) in [6, 6.07) is 11.8. The number of carbonyl (C=O) groups excluding carboxylic acids is 1. The number of hydrogen-bond donors (Lipinski definition) is 0. The first-order valence-corrected chi connectivity index (χ1v) is 11.1. The third-order valence-corrected chi connectivity index (χ3v) is 6.22. The van der Waals surface area contributed by atoms with Crippen molar-refractivity contribution in [3.8, 4) is 10.7 Å². The van der Waals surface area contributed by atoms with Gasteiger partial charge >= 0.3 is 0 Å². The smallest absolute Gasteiger partial charge is 0.253 e. The number of amides is 1. The highest BCUT2D eigenvalue weighted by atomic mass is 32.1. The Hall–Kier alpha value is -3.30. The highest BCUT2D eigenvalue weighted by molar-refractivity contribution is 7.13. The molecule has 0 N–H and O–H groups in total. The molecule has 9 heteroatoms. The zero-order valence-electron chi connectivity index (χ0n) is 16.9. The lowest BCUT2D eigenvalue weighted by atomic mass is 10.1. The Bertz CT molecular complexity index is 1110. The highest BCUT2D eigenvalue weighted by Crippen LogP contribution is 2.22. The molecule has 1 aliphatic rings. The average Bonchev–Trinajstić information content (AvgIpc) is 3.57. The van der Waals surface area contributed by atoms with Crippen LogP contribution in [0.5, 0.6) is 0 Å². The summed E-state index contributed by atoms with van der Waals surface area (Å²) in [4.78, 5) is 26.6. The summed E-state index contributed by atoms with van der Waals surface area (Å²) in [5.41, 5.74) is 1.86. The monoisotopic (exact) mass is 434 g/mol. The van der Waals surface area contributed by atoms with Gasteiger partial charge in [0.15, 0.2) is 0 Å². The minimum atomic E-state index is 0.0756. The fourth-order valence-electron chi connectivity index (χ4n) is 3.65. The maximum atomic E-state index is 12.9. The van der Waals surface area contributed by atoms with Crippen molar-refractivity contribution < 1.29 is 9.32 Å². The van der Waals surface area contributed by atoms with Crippen LogP contribution in [-0.4, -0.2) is 61.6 Å². The Kier molecular flexibility index (Phi) is 5.59. The normalized spacial score (nSPS) is 14.8. The minimum Gasteiger partial charge on any atom is -0.338 e. The SMILES string of the molecule is O=C(c1ccc(Cn2ccnc2)cc1)N1CCN(Cc2nc(-c3cccs3)no2)CC1. The van der Waals surface area contributed by atoms with E-state index in [4.69, 9.17) is 4.52 Å². The molecule has 0 saturated carbocycles. The summed E-state index contributed by atoms with van der Waals surface area (Å²) in [5.74, 6) is 1.32. The molecule has 0 unspecified atom stereocenters. The molecule has 1 aromatic carbocycles. The largest absolute Gasteiger partial charge is 0.338 e. The molecule has 4 heterocycles. The molecule has 1 aliphatic heterocycles. The van der Waals surface area contributed by atoms with Crippen LogP contribution >= 0.6 is 11.3 Å². The van der Waals surface area contributed by atoms with Crippen LogP contribution in [0.25, 0.3) is 10.7 Å². The number of carbonyl (C=O) groups is 1. The van der Waals surface area contributed by atoms with Crippen molar-refractivity contribution in [3.63, 3.8) is 0 Å². The van der Waals surface area contributed by atoms with Gasteiger partial charge in [0, 0.05) is 50.7 Å². The Morgan fingerprint density at radius 2 is 1.90 bits per heavy atom. The van der Waals surface area contributed by atoms with Gasteiger partial charge in [0.05, 0.1) is 17.7 Å². The molecule has 1 fully saturated rings. The third-order valence-electron chi connectivity index (χ3n) is 5.35. The number of hydrogen-bond acceptors (Lipinski definition) is 7. The second-order valence-electron chi connectivity index (χ2n) is 7.49. The average molecular weight is 435 g/mol. The predicted molar refractivity (Wildman–Crippen MR) is 117 cm³/mol. The summed E-state index contributed by atoms with van der Waals surface area (Å²) in [6.07, 6.45) is 5.48. The van der Waals surface area contributed by atoms with Gasteiger partial charge in [-0.15, -0.1) is 11.3 Å². The molecule has 31 heavy (non-hydrogen) atoms. The fourth-order valence-corrected chi connectivity index (χ4v) is 4.30. The zero-order valence-corrected chi connectivity index (χ0v) is 17.7. The first kappa shape index (κ1) is 19.7. The van der Waals surface area contributed by atoms with Crippen molar-refractivity contribution >= 4 is 17.2 Å². The highest BCUT2D eigenvalue weighted by Gasteiger charge is 2.23. The number of thiophene rings is 1. The van der Waals surface area contributed by atoms with Gasteiger partial charge in [-0.1, -0.05) is 23.4 Å². The van der Waals surface area contributed by atoms with E-state index in [0.29, 0.717) is 31.3 Å². The molecule has 5 rings (SSSR count). The summed E-state index contributed by atoms with van der Waals surface area (Å²) < 4.78 is 7.40. The van der Waals surface area contributed by atoms with E-state index in [1.54, 1.807) is 23.9 Å². The van der Waals surface area contributed by atoms with Gasteiger partial charge in [-0.05, 0) is 29.1 Å². The number of piperazine rings is 1. The predicted octanol–water partition coefficient (Wildman–Crippen LogP) is 3.00. The molecule has 1 amide bonds. The third kappa shape index (κ3) is 4.57. The Morgan fingerprint density at radius 3 is 2.61 bits per heavy atom. The first-order chi connectivity index (χ1) is 15.2. The first-order valence-electron chi connectivity index (χ1n) is 10.2. The van der Waals surface area contributed by atoms with Crippen LogP contribution < -0.4 is 0 Å². The summed E-state index contributed by atoms with van der Waals surface area (Å²) in [6.45, 7) is 4.27. The minimum absolute atomic E-state index is 0.0756. The van der Waals surface area contributed by atoms with Crippen molar-refractivity contribution in [3.05, 3.63) is 77.5 Å². The number of imidazole rings is 1. The van der Waals surface area contributed by atoms with Gasteiger partial charge in [-0.2, -0.15) is 4.98 Å². The molecule has 1 saturated heterocycles. The van der Waals surface area contributed by atoms with Crippen molar-refractivity contribution in [2.45, 2.75) is 13.1 Å². The van der Waals surface area contributed by atoms with E-state index >= 15 is 0 Å². The van der Waals surface area contributed by atoms with E-state index in [9.17, 15) is 4.79 Å². The summed E-state index contributed by atoms with van der Waals surface area (Å²) >= 11 is 1.59. The Balaban J connectivity index is 1.13. The summed E-state index contributed by atoms with van der Waals surface area (Å²) in [7, 11) is 0. The molecule has 3 aromatic heterocycles. The quantitative estimate of drug-likeness (QED) is 0.464. The lowest BCUT2D eigenvalue weighted by molar-refractivity contribution is 0.0615. The van der Waals surface area contributed by atoms with Gasteiger partial charge in [0.25, 0.3) is 5.91 Å². The molecule has 4 aromatic rings. The molecule has 0 aliphatic carbocycles. The second kappa shape index (κ2) is 8.83. The number of benzene rings is 1. The van der Waals surface area contributed by atoms with E-state index in [1.807, 2.05) is 57.4 Å². The maximum absolute atomic E-state index is 12.9. The van der Waals surface area contributed by atoms with Gasteiger partial charge in [-0.3, -0.25) is 9.69 Å². The molecular weight excluding hydrogens is 412 g/mol. The Morgan fingerprint density at radius 1 is 1.06 bits per heavy atom. The summed E-state index contributed by atoms with van der Waals surface area (Å²) in [5, 5.41) is 6.06. The molecule has 158 valence electrons.